The molecular weight excluding hydrogens is 460 g/mol. The highest BCUT2D eigenvalue weighted by atomic mass is 16.7. The van der Waals surface area contributed by atoms with Crippen LogP contribution in [0.5, 0.6) is 0 Å². The lowest BCUT2D eigenvalue weighted by atomic mass is 10.1. The van der Waals surface area contributed by atoms with Crippen molar-refractivity contribution in [2.45, 2.75) is 32.4 Å². The van der Waals surface area contributed by atoms with Gasteiger partial charge in [0.2, 0.25) is 5.82 Å². The molecule has 0 aliphatic carbocycles. The highest BCUT2D eigenvalue weighted by molar-refractivity contribution is 5.72. The number of hydrogen-bond acceptors (Lipinski definition) is 8. The first kappa shape index (κ1) is 23.6. The molecule has 0 spiro atoms. The molecule has 2 aromatic carbocycles. The third-order valence-corrected chi connectivity index (χ3v) is 6.06. The molecule has 2 aromatic heterocycles. The fourth-order valence-electron chi connectivity index (χ4n) is 4.16. The molecule has 3 heterocycles. The summed E-state index contributed by atoms with van der Waals surface area (Å²) in [6.45, 7) is 4.90. The SMILES string of the molecule is CCCCNc1c(-c2nc(-c3ccc(CN4CC(OC(=O)O)C4)cc3)no2)cnn1-c1ccccc1. The Morgan fingerprint density at radius 2 is 1.94 bits per heavy atom. The third-order valence-electron chi connectivity index (χ3n) is 6.06. The van der Waals surface area contributed by atoms with E-state index in [0.717, 1.165) is 54.1 Å². The zero-order valence-electron chi connectivity index (χ0n) is 20.0. The summed E-state index contributed by atoms with van der Waals surface area (Å²) in [6.07, 6.45) is 2.39. The second-order valence-electron chi connectivity index (χ2n) is 8.75. The van der Waals surface area contributed by atoms with Gasteiger partial charge in [0.25, 0.3) is 5.89 Å². The van der Waals surface area contributed by atoms with Crippen molar-refractivity contribution in [1.29, 1.82) is 0 Å². The molecule has 1 aliphatic rings. The number of para-hydroxylation sites is 1. The van der Waals surface area contributed by atoms with Crippen molar-refractivity contribution in [3.8, 4) is 28.5 Å². The normalized spacial score (nSPS) is 13.9. The van der Waals surface area contributed by atoms with Crippen LogP contribution in [0.2, 0.25) is 0 Å². The molecule has 0 unspecified atom stereocenters. The maximum atomic E-state index is 10.6. The van der Waals surface area contributed by atoms with Gasteiger partial charge in [-0.15, -0.1) is 0 Å². The lowest BCUT2D eigenvalue weighted by Gasteiger charge is -2.37. The number of nitrogens with one attached hydrogen (secondary N) is 1. The van der Waals surface area contributed by atoms with Gasteiger partial charge in [-0.2, -0.15) is 10.1 Å². The van der Waals surface area contributed by atoms with Crippen molar-refractivity contribution in [2.75, 3.05) is 25.0 Å². The average molecular weight is 489 g/mol. The number of anilines is 1. The largest absolute Gasteiger partial charge is 0.506 e. The topological polar surface area (TPSA) is 119 Å². The van der Waals surface area contributed by atoms with Gasteiger partial charge in [0, 0.05) is 31.7 Å². The number of carbonyl (C=O) groups is 1. The Labute approximate surface area is 208 Å². The predicted molar refractivity (Wildman–Crippen MR) is 134 cm³/mol. The second kappa shape index (κ2) is 10.6. The maximum absolute atomic E-state index is 10.6. The molecule has 0 radical (unpaired) electrons. The Hall–Kier alpha value is -4.18. The predicted octanol–water partition coefficient (Wildman–Crippen LogP) is 4.68. The minimum Gasteiger partial charge on any atom is -0.450 e. The number of hydrogen-bond donors (Lipinski definition) is 2. The summed E-state index contributed by atoms with van der Waals surface area (Å²) in [6, 6.07) is 17.9. The molecule has 5 rings (SSSR count). The van der Waals surface area contributed by atoms with Gasteiger partial charge in [0.15, 0.2) is 0 Å². The quantitative estimate of drug-likeness (QED) is 0.242. The number of unbranched alkanes of at least 4 members (excludes halogenated alkanes) is 1. The van der Waals surface area contributed by atoms with E-state index < -0.39 is 6.16 Å². The number of rotatable bonds is 10. The maximum Gasteiger partial charge on any atom is 0.506 e. The molecule has 186 valence electrons. The molecule has 36 heavy (non-hydrogen) atoms. The van der Waals surface area contributed by atoms with Crippen LogP contribution in [-0.4, -0.2) is 61.8 Å². The van der Waals surface area contributed by atoms with Crippen LogP contribution in [0, 0.1) is 0 Å². The van der Waals surface area contributed by atoms with Crippen molar-refractivity contribution in [2.24, 2.45) is 0 Å². The minimum atomic E-state index is -1.22. The smallest absolute Gasteiger partial charge is 0.450 e. The summed E-state index contributed by atoms with van der Waals surface area (Å²) in [5.41, 5.74) is 3.66. The van der Waals surface area contributed by atoms with E-state index in [4.69, 9.17) is 14.4 Å². The zero-order valence-corrected chi connectivity index (χ0v) is 20.0. The Morgan fingerprint density at radius 3 is 2.67 bits per heavy atom. The fraction of sp³-hybridized carbons (Fsp3) is 0.308. The van der Waals surface area contributed by atoms with E-state index in [0.29, 0.717) is 24.8 Å². The first-order valence-corrected chi connectivity index (χ1v) is 12.0. The number of carboxylic acid groups (broad SMARTS) is 1. The lowest BCUT2D eigenvalue weighted by Crippen LogP contribution is -2.52. The summed E-state index contributed by atoms with van der Waals surface area (Å²) in [4.78, 5) is 17.4. The molecule has 1 aliphatic heterocycles. The number of nitrogens with zero attached hydrogens (tertiary/aromatic N) is 5. The standard InChI is InChI=1S/C26H28N6O4/c1-2-3-13-27-24-22(14-28-32(24)20-7-5-4-6-8-20)25-29-23(30-36-25)19-11-9-18(10-12-19)15-31-16-21(17-31)35-26(33)34/h4-12,14,21,27H,2-3,13,15-17H2,1H3,(H,33,34). The summed E-state index contributed by atoms with van der Waals surface area (Å²) in [7, 11) is 0. The lowest BCUT2D eigenvalue weighted by molar-refractivity contribution is -0.0363. The van der Waals surface area contributed by atoms with Gasteiger partial charge in [-0.05, 0) is 24.1 Å². The molecule has 1 fully saturated rings. The Bertz CT molecular complexity index is 1300. The van der Waals surface area contributed by atoms with Gasteiger partial charge in [0.1, 0.15) is 17.5 Å². The number of ether oxygens (including phenoxy) is 1. The first-order chi connectivity index (χ1) is 17.6. The van der Waals surface area contributed by atoms with Crippen LogP contribution >= 0.6 is 0 Å². The van der Waals surface area contributed by atoms with E-state index >= 15 is 0 Å². The van der Waals surface area contributed by atoms with Crippen LogP contribution in [0.4, 0.5) is 10.6 Å². The third kappa shape index (κ3) is 5.23. The van der Waals surface area contributed by atoms with E-state index in [1.807, 2.05) is 59.3 Å². The van der Waals surface area contributed by atoms with Crippen LogP contribution < -0.4 is 5.32 Å². The van der Waals surface area contributed by atoms with Gasteiger partial charge in [0.05, 0.1) is 11.9 Å². The van der Waals surface area contributed by atoms with Crippen LogP contribution in [0.25, 0.3) is 28.5 Å². The summed E-state index contributed by atoms with van der Waals surface area (Å²) in [5, 5.41) is 21.0. The van der Waals surface area contributed by atoms with Crippen LogP contribution in [0.1, 0.15) is 25.3 Å². The highest BCUT2D eigenvalue weighted by Gasteiger charge is 2.29. The zero-order chi connectivity index (χ0) is 24.9. The molecule has 0 bridgehead atoms. The highest BCUT2D eigenvalue weighted by Crippen LogP contribution is 2.31. The molecule has 0 amide bonds. The summed E-state index contributed by atoms with van der Waals surface area (Å²) < 4.78 is 12.3. The number of likely N-dealkylation sites (tertiary alicyclic amines) is 1. The Morgan fingerprint density at radius 1 is 1.17 bits per heavy atom. The molecule has 0 atom stereocenters. The first-order valence-electron chi connectivity index (χ1n) is 12.0. The molecule has 4 aromatic rings. The Kier molecular flexibility index (Phi) is 6.94. The van der Waals surface area contributed by atoms with E-state index in [9.17, 15) is 4.79 Å². The van der Waals surface area contributed by atoms with Gasteiger partial charge >= 0.3 is 6.16 Å². The van der Waals surface area contributed by atoms with Crippen LogP contribution in [0.15, 0.2) is 65.3 Å². The molecule has 10 heteroatoms. The van der Waals surface area contributed by atoms with Crippen molar-refractivity contribution < 1.29 is 19.2 Å². The van der Waals surface area contributed by atoms with E-state index in [2.05, 4.69) is 32.4 Å². The van der Waals surface area contributed by atoms with Gasteiger partial charge in [-0.25, -0.2) is 9.48 Å². The molecule has 2 N–H and O–H groups in total. The van der Waals surface area contributed by atoms with E-state index in [1.165, 1.54) is 0 Å². The van der Waals surface area contributed by atoms with Crippen molar-refractivity contribution in [3.63, 3.8) is 0 Å². The van der Waals surface area contributed by atoms with Crippen LogP contribution in [0.3, 0.4) is 0 Å². The van der Waals surface area contributed by atoms with Crippen molar-refractivity contribution in [1.82, 2.24) is 24.8 Å². The van der Waals surface area contributed by atoms with Crippen molar-refractivity contribution in [3.05, 3.63) is 66.4 Å². The average Bonchev–Trinajstić information content (AvgIpc) is 3.51. The summed E-state index contributed by atoms with van der Waals surface area (Å²) >= 11 is 0. The van der Waals surface area contributed by atoms with Gasteiger partial charge in [-0.3, -0.25) is 4.90 Å². The Balaban J connectivity index is 1.30. The summed E-state index contributed by atoms with van der Waals surface area (Å²) in [5.74, 6) is 1.72. The monoisotopic (exact) mass is 488 g/mol. The molecule has 1 saturated heterocycles. The van der Waals surface area contributed by atoms with E-state index in [1.54, 1.807) is 6.20 Å². The van der Waals surface area contributed by atoms with Crippen LogP contribution in [-0.2, 0) is 11.3 Å². The second-order valence-corrected chi connectivity index (χ2v) is 8.75. The van der Waals surface area contributed by atoms with Crippen molar-refractivity contribution >= 4 is 12.0 Å². The van der Waals surface area contributed by atoms with Gasteiger partial charge in [-0.1, -0.05) is 61.0 Å². The molecule has 10 nitrogen and oxygen atoms in total. The fourth-order valence-corrected chi connectivity index (χ4v) is 4.16. The van der Waals surface area contributed by atoms with Gasteiger partial charge < -0.3 is 19.7 Å². The molecule has 0 saturated carbocycles. The number of aromatic nitrogens is 4. The number of benzene rings is 2. The molecular formula is C26H28N6O4. The minimum absolute atomic E-state index is 0.243. The van der Waals surface area contributed by atoms with E-state index in [-0.39, 0.29) is 6.10 Å².